The molecule has 0 saturated carbocycles. The molecule has 0 atom stereocenters. The number of thiophene rings is 1. The molecular weight excluding hydrogens is 463 g/mol. The molecule has 0 radical (unpaired) electrons. The quantitative estimate of drug-likeness (QED) is 0.548. The predicted molar refractivity (Wildman–Crippen MR) is 118 cm³/mol. The number of halogens is 4. The third-order valence-corrected chi connectivity index (χ3v) is 6.43. The highest BCUT2D eigenvalue weighted by molar-refractivity contribution is 7.13. The van der Waals surface area contributed by atoms with E-state index in [4.69, 9.17) is 16.3 Å². The van der Waals surface area contributed by atoms with E-state index in [1.807, 2.05) is 12.1 Å². The number of fused-ring (bicyclic) bond motifs is 1. The monoisotopic (exact) mass is 479 g/mol. The predicted octanol–water partition coefficient (Wildman–Crippen LogP) is 5.04. The molecule has 2 aliphatic heterocycles. The summed E-state index contributed by atoms with van der Waals surface area (Å²) in [6, 6.07) is 5.36. The van der Waals surface area contributed by atoms with Crippen LogP contribution in [-0.2, 0) is 23.9 Å². The van der Waals surface area contributed by atoms with Crippen molar-refractivity contribution in [3.63, 3.8) is 0 Å². The average Bonchev–Trinajstić information content (AvgIpc) is 3.45. The first-order valence-corrected chi connectivity index (χ1v) is 11.1. The number of nitrogens with zero attached hydrogens (tertiary/aromatic N) is 3. The van der Waals surface area contributed by atoms with Crippen molar-refractivity contribution in [1.29, 1.82) is 0 Å². The second kappa shape index (κ2) is 8.34. The highest BCUT2D eigenvalue weighted by Crippen LogP contribution is 2.39. The first kappa shape index (κ1) is 21.2. The van der Waals surface area contributed by atoms with Crippen LogP contribution in [0.2, 0.25) is 5.02 Å². The second-order valence-electron chi connectivity index (χ2n) is 7.34. The van der Waals surface area contributed by atoms with Crippen LogP contribution in [0.15, 0.2) is 34.8 Å². The lowest BCUT2D eigenvalue weighted by Gasteiger charge is -2.19. The summed E-state index contributed by atoms with van der Waals surface area (Å²) in [6.07, 6.45) is -2.97. The van der Waals surface area contributed by atoms with Crippen LogP contribution in [-0.4, -0.2) is 35.6 Å². The van der Waals surface area contributed by atoms with Crippen LogP contribution in [0, 0.1) is 0 Å². The minimum atomic E-state index is -4.60. The van der Waals surface area contributed by atoms with Gasteiger partial charge in [-0.3, -0.25) is 0 Å². The van der Waals surface area contributed by atoms with E-state index in [0.29, 0.717) is 40.2 Å². The third-order valence-electron chi connectivity index (χ3n) is 5.18. The van der Waals surface area contributed by atoms with Crippen LogP contribution in [0.5, 0.6) is 0 Å². The molecular formula is C21H17ClF3N5OS. The van der Waals surface area contributed by atoms with Crippen molar-refractivity contribution < 1.29 is 17.9 Å². The summed E-state index contributed by atoms with van der Waals surface area (Å²) in [4.78, 5) is 12.7. The van der Waals surface area contributed by atoms with Crippen molar-refractivity contribution in [3.05, 3.63) is 57.1 Å². The van der Waals surface area contributed by atoms with Crippen LogP contribution in [0.1, 0.15) is 22.3 Å². The zero-order valence-corrected chi connectivity index (χ0v) is 18.2. The fourth-order valence-corrected chi connectivity index (χ4v) is 4.76. The molecule has 2 N–H and O–H groups in total. The zero-order chi connectivity index (χ0) is 22.3. The Balaban J connectivity index is 1.51. The van der Waals surface area contributed by atoms with E-state index < -0.39 is 11.7 Å². The Morgan fingerprint density at radius 3 is 2.84 bits per heavy atom. The number of hydrogen-bond donors (Lipinski definition) is 2. The number of nitrogens with one attached hydrogen (secondary N) is 2. The molecule has 2 aromatic heterocycles. The number of alkyl halides is 3. The van der Waals surface area contributed by atoms with Crippen molar-refractivity contribution in [2.45, 2.75) is 19.1 Å². The summed E-state index contributed by atoms with van der Waals surface area (Å²) in [5.41, 5.74) is 2.30. The van der Waals surface area contributed by atoms with Crippen LogP contribution >= 0.6 is 22.9 Å². The van der Waals surface area contributed by atoms with Crippen molar-refractivity contribution in [2.24, 2.45) is 4.99 Å². The average molecular weight is 480 g/mol. The van der Waals surface area contributed by atoms with Crippen LogP contribution in [0.3, 0.4) is 0 Å². The summed E-state index contributed by atoms with van der Waals surface area (Å²) in [7, 11) is 0. The van der Waals surface area contributed by atoms with E-state index in [9.17, 15) is 13.2 Å². The first-order chi connectivity index (χ1) is 15.4. The maximum absolute atomic E-state index is 13.7. The SMILES string of the molecule is FC(F)(F)c1cnc(Nc2cc3c(cc2Cl)CNCC3)nc1-c1cc(C2=NCCO2)cs1. The van der Waals surface area contributed by atoms with Crippen molar-refractivity contribution in [2.75, 3.05) is 25.0 Å². The summed E-state index contributed by atoms with van der Waals surface area (Å²) < 4.78 is 46.5. The van der Waals surface area contributed by atoms with E-state index in [2.05, 4.69) is 25.6 Å². The lowest BCUT2D eigenvalue weighted by Crippen LogP contribution is -2.23. The smallest absolute Gasteiger partial charge is 0.420 e. The second-order valence-corrected chi connectivity index (χ2v) is 8.66. The van der Waals surface area contributed by atoms with E-state index in [1.54, 1.807) is 11.4 Å². The minimum Gasteiger partial charge on any atom is -0.475 e. The lowest BCUT2D eigenvalue weighted by molar-refractivity contribution is -0.137. The Morgan fingerprint density at radius 2 is 2.06 bits per heavy atom. The van der Waals surface area contributed by atoms with E-state index in [-0.39, 0.29) is 11.6 Å². The molecule has 0 aliphatic carbocycles. The van der Waals surface area contributed by atoms with Gasteiger partial charge in [0, 0.05) is 23.7 Å². The molecule has 6 nitrogen and oxygen atoms in total. The Bertz CT molecular complexity index is 1210. The van der Waals surface area contributed by atoms with Crippen LogP contribution < -0.4 is 10.6 Å². The molecule has 0 amide bonds. The Labute approximate surface area is 190 Å². The molecule has 4 heterocycles. The molecule has 11 heteroatoms. The molecule has 0 spiro atoms. The highest BCUT2D eigenvalue weighted by Gasteiger charge is 2.36. The van der Waals surface area contributed by atoms with Crippen molar-refractivity contribution in [1.82, 2.24) is 15.3 Å². The Hall–Kier alpha value is -2.69. The van der Waals surface area contributed by atoms with Gasteiger partial charge in [-0.15, -0.1) is 11.3 Å². The van der Waals surface area contributed by atoms with Gasteiger partial charge in [0.2, 0.25) is 11.8 Å². The van der Waals surface area contributed by atoms with Gasteiger partial charge in [-0.25, -0.2) is 15.0 Å². The molecule has 32 heavy (non-hydrogen) atoms. The number of benzene rings is 1. The number of rotatable bonds is 4. The molecule has 0 bridgehead atoms. The maximum Gasteiger partial charge on any atom is 0.420 e. The topological polar surface area (TPSA) is 71.4 Å². The van der Waals surface area contributed by atoms with Gasteiger partial charge >= 0.3 is 6.18 Å². The zero-order valence-electron chi connectivity index (χ0n) is 16.6. The highest BCUT2D eigenvalue weighted by atomic mass is 35.5. The van der Waals surface area contributed by atoms with Gasteiger partial charge in [0.15, 0.2) is 0 Å². The molecule has 0 saturated heterocycles. The molecule has 5 rings (SSSR count). The number of hydrogen-bond acceptors (Lipinski definition) is 7. The Kier molecular flexibility index (Phi) is 5.52. The van der Waals surface area contributed by atoms with Gasteiger partial charge in [0.05, 0.1) is 27.8 Å². The minimum absolute atomic E-state index is 0.0354. The van der Waals surface area contributed by atoms with Gasteiger partial charge in [0.25, 0.3) is 0 Å². The molecule has 2 aliphatic rings. The van der Waals surface area contributed by atoms with Crippen LogP contribution in [0.25, 0.3) is 10.6 Å². The number of aromatic nitrogens is 2. The van der Waals surface area contributed by atoms with E-state index >= 15 is 0 Å². The molecule has 0 fully saturated rings. The van der Waals surface area contributed by atoms with Gasteiger partial charge in [-0.2, -0.15) is 13.2 Å². The normalized spacial score (nSPS) is 15.8. The fraction of sp³-hybridized carbons (Fsp3) is 0.286. The number of ether oxygens (including phenoxy) is 1. The largest absolute Gasteiger partial charge is 0.475 e. The summed E-state index contributed by atoms with van der Waals surface area (Å²) >= 11 is 7.54. The standard InChI is InChI=1S/C21H17ClF3N5OS/c22-15-5-12-8-26-2-1-11(12)6-16(15)29-20-28-9-14(21(23,24)25)18(30-20)17-7-13(10-32-17)19-27-3-4-31-19/h5-7,9-10,26H,1-4,8H2,(H,28,29,30). The van der Waals surface area contributed by atoms with Crippen LogP contribution in [0.4, 0.5) is 24.8 Å². The van der Waals surface area contributed by atoms with E-state index in [1.165, 1.54) is 0 Å². The molecule has 0 unspecified atom stereocenters. The van der Waals surface area contributed by atoms with Crippen molar-refractivity contribution in [3.8, 4) is 10.6 Å². The molecule has 3 aromatic rings. The maximum atomic E-state index is 13.7. The Morgan fingerprint density at radius 1 is 1.19 bits per heavy atom. The summed E-state index contributed by atoms with van der Waals surface area (Å²) in [5.74, 6) is 0.469. The van der Waals surface area contributed by atoms with E-state index in [0.717, 1.165) is 48.2 Å². The number of anilines is 2. The first-order valence-electron chi connectivity index (χ1n) is 9.88. The summed E-state index contributed by atoms with van der Waals surface area (Å²) in [5, 5.41) is 8.43. The van der Waals surface area contributed by atoms with Gasteiger partial charge in [-0.05, 0) is 42.3 Å². The molecule has 1 aromatic carbocycles. The molecule has 166 valence electrons. The fourth-order valence-electron chi connectivity index (χ4n) is 3.64. The number of aliphatic imine (C=N–C) groups is 1. The van der Waals surface area contributed by atoms with Gasteiger partial charge < -0.3 is 15.4 Å². The van der Waals surface area contributed by atoms with Crippen molar-refractivity contribution >= 4 is 40.5 Å². The lowest BCUT2D eigenvalue weighted by atomic mass is 10.0. The summed E-state index contributed by atoms with van der Waals surface area (Å²) in [6.45, 7) is 2.58. The van der Waals surface area contributed by atoms with Gasteiger partial charge in [0.1, 0.15) is 12.2 Å². The van der Waals surface area contributed by atoms with Gasteiger partial charge in [-0.1, -0.05) is 11.6 Å². The third kappa shape index (κ3) is 4.17.